The van der Waals surface area contributed by atoms with E-state index in [0.717, 1.165) is 18.7 Å². The summed E-state index contributed by atoms with van der Waals surface area (Å²) in [5.74, 6) is -0.176. The third-order valence-electron chi connectivity index (χ3n) is 4.21. The molecule has 2 atom stereocenters. The lowest BCUT2D eigenvalue weighted by atomic mass is 10.0. The van der Waals surface area contributed by atoms with Gasteiger partial charge in [-0.15, -0.1) is 12.4 Å². The van der Waals surface area contributed by atoms with Gasteiger partial charge in [0.15, 0.2) is 0 Å². The Hall–Kier alpha value is -1.64. The summed E-state index contributed by atoms with van der Waals surface area (Å²) in [5, 5.41) is 10.2. The summed E-state index contributed by atoms with van der Waals surface area (Å²) in [6.45, 7) is 2.64. The number of carbonyl (C=O) groups is 2. The molecule has 0 radical (unpaired) electrons. The van der Waals surface area contributed by atoms with Crippen LogP contribution in [0.1, 0.15) is 19.3 Å². The Kier molecular flexibility index (Phi) is 6.59. The molecule has 1 aromatic rings. The first kappa shape index (κ1) is 18.7. The van der Waals surface area contributed by atoms with Crippen LogP contribution in [0.15, 0.2) is 12.4 Å². The van der Waals surface area contributed by atoms with E-state index >= 15 is 0 Å². The van der Waals surface area contributed by atoms with Crippen molar-refractivity contribution in [3.63, 3.8) is 0 Å². The van der Waals surface area contributed by atoms with Crippen LogP contribution in [0.2, 0.25) is 0 Å². The van der Waals surface area contributed by atoms with E-state index in [1.54, 1.807) is 15.8 Å². The van der Waals surface area contributed by atoms with Crippen molar-refractivity contribution in [2.45, 2.75) is 31.3 Å². The van der Waals surface area contributed by atoms with Gasteiger partial charge in [-0.25, -0.2) is 0 Å². The van der Waals surface area contributed by atoms with Crippen molar-refractivity contribution in [1.82, 2.24) is 20.4 Å². The molecule has 2 fully saturated rings. The van der Waals surface area contributed by atoms with Gasteiger partial charge >= 0.3 is 0 Å². The SMILES string of the molecule is Cl.Cn1cc(N2CCCC(NC(=O)CC3COCCN3)C2=O)cn1. The van der Waals surface area contributed by atoms with E-state index in [1.165, 1.54) is 0 Å². The summed E-state index contributed by atoms with van der Waals surface area (Å²) in [7, 11) is 1.82. The molecule has 0 saturated carbocycles. The monoisotopic (exact) mass is 357 g/mol. The number of ether oxygens (including phenoxy) is 1. The Balaban J connectivity index is 0.00000208. The zero-order valence-corrected chi connectivity index (χ0v) is 14.6. The molecule has 2 aliphatic rings. The Morgan fingerprint density at radius 3 is 3.04 bits per heavy atom. The number of halogens is 1. The molecule has 2 aliphatic heterocycles. The first-order valence-corrected chi connectivity index (χ1v) is 8.04. The van der Waals surface area contributed by atoms with Gasteiger partial charge < -0.3 is 20.3 Å². The lowest BCUT2D eigenvalue weighted by Gasteiger charge is -2.32. The first-order chi connectivity index (χ1) is 11.1. The second-order valence-electron chi connectivity index (χ2n) is 6.05. The smallest absolute Gasteiger partial charge is 0.249 e. The second-order valence-corrected chi connectivity index (χ2v) is 6.05. The molecule has 0 aromatic carbocycles. The average Bonchev–Trinajstić information content (AvgIpc) is 2.96. The first-order valence-electron chi connectivity index (χ1n) is 8.04. The molecule has 0 bridgehead atoms. The number of morpholine rings is 1. The van der Waals surface area contributed by atoms with E-state index in [4.69, 9.17) is 4.74 Å². The standard InChI is InChI=1S/C15H23N5O3.ClH/c1-19-9-12(8-17-19)20-5-2-3-13(15(20)22)18-14(21)7-11-10-23-6-4-16-11;/h8-9,11,13,16H,2-7,10H2,1H3,(H,18,21);1H. The van der Waals surface area contributed by atoms with Crippen molar-refractivity contribution < 1.29 is 14.3 Å². The van der Waals surface area contributed by atoms with Crippen LogP contribution < -0.4 is 15.5 Å². The van der Waals surface area contributed by atoms with Gasteiger partial charge in [0.1, 0.15) is 6.04 Å². The molecule has 2 saturated heterocycles. The van der Waals surface area contributed by atoms with Crippen LogP contribution in [0.25, 0.3) is 0 Å². The van der Waals surface area contributed by atoms with Crippen LogP contribution in [0, 0.1) is 0 Å². The van der Waals surface area contributed by atoms with E-state index < -0.39 is 6.04 Å². The van der Waals surface area contributed by atoms with Crippen molar-refractivity contribution in [2.75, 3.05) is 31.2 Å². The fourth-order valence-electron chi connectivity index (χ4n) is 3.04. The molecule has 8 nitrogen and oxygen atoms in total. The fraction of sp³-hybridized carbons (Fsp3) is 0.667. The minimum Gasteiger partial charge on any atom is -0.378 e. The number of anilines is 1. The fourth-order valence-corrected chi connectivity index (χ4v) is 3.04. The number of nitrogens with zero attached hydrogens (tertiary/aromatic N) is 3. The third-order valence-corrected chi connectivity index (χ3v) is 4.21. The summed E-state index contributed by atoms with van der Waals surface area (Å²) in [6, 6.07) is -0.433. The molecule has 0 aliphatic carbocycles. The maximum absolute atomic E-state index is 12.6. The predicted octanol–water partition coefficient (Wildman–Crippen LogP) is -0.168. The maximum atomic E-state index is 12.6. The summed E-state index contributed by atoms with van der Waals surface area (Å²) < 4.78 is 7.01. The summed E-state index contributed by atoms with van der Waals surface area (Å²) in [5.41, 5.74) is 0.777. The van der Waals surface area contributed by atoms with Gasteiger partial charge in [-0.05, 0) is 12.8 Å². The molecule has 24 heavy (non-hydrogen) atoms. The van der Waals surface area contributed by atoms with E-state index in [0.29, 0.717) is 32.6 Å². The van der Waals surface area contributed by atoms with Crippen molar-refractivity contribution in [3.8, 4) is 0 Å². The highest BCUT2D eigenvalue weighted by atomic mass is 35.5. The van der Waals surface area contributed by atoms with Crippen LogP contribution in [0.3, 0.4) is 0 Å². The number of carbonyl (C=O) groups excluding carboxylic acids is 2. The molecular weight excluding hydrogens is 334 g/mol. The van der Waals surface area contributed by atoms with Gasteiger partial charge in [0.05, 0.1) is 25.1 Å². The molecule has 2 unspecified atom stereocenters. The second kappa shape index (κ2) is 8.46. The topological polar surface area (TPSA) is 88.5 Å². The highest BCUT2D eigenvalue weighted by molar-refractivity contribution is 5.99. The minimum atomic E-state index is -0.457. The van der Waals surface area contributed by atoms with Crippen LogP contribution in [-0.2, 0) is 21.4 Å². The quantitative estimate of drug-likeness (QED) is 0.781. The molecule has 1 aromatic heterocycles. The van der Waals surface area contributed by atoms with Gasteiger partial charge in [0.2, 0.25) is 11.8 Å². The van der Waals surface area contributed by atoms with Crippen LogP contribution in [0.4, 0.5) is 5.69 Å². The number of aryl methyl sites for hydroxylation is 1. The highest BCUT2D eigenvalue weighted by Gasteiger charge is 2.31. The van der Waals surface area contributed by atoms with Gasteiger partial charge in [0.25, 0.3) is 0 Å². The van der Waals surface area contributed by atoms with Crippen LogP contribution in [-0.4, -0.2) is 60.0 Å². The molecule has 134 valence electrons. The summed E-state index contributed by atoms with van der Waals surface area (Å²) in [4.78, 5) is 26.5. The number of aromatic nitrogens is 2. The van der Waals surface area contributed by atoms with Gasteiger partial charge in [0, 0.05) is 38.8 Å². The van der Waals surface area contributed by atoms with E-state index in [1.807, 2.05) is 13.2 Å². The zero-order valence-electron chi connectivity index (χ0n) is 13.7. The Morgan fingerprint density at radius 1 is 1.54 bits per heavy atom. The van der Waals surface area contributed by atoms with Crippen molar-refractivity contribution in [3.05, 3.63) is 12.4 Å². The highest BCUT2D eigenvalue weighted by Crippen LogP contribution is 2.20. The van der Waals surface area contributed by atoms with Gasteiger partial charge in [-0.2, -0.15) is 5.10 Å². The Bertz CT molecular complexity index is 573. The van der Waals surface area contributed by atoms with Crippen molar-refractivity contribution in [2.24, 2.45) is 7.05 Å². The van der Waals surface area contributed by atoms with Crippen LogP contribution in [0.5, 0.6) is 0 Å². The third kappa shape index (κ3) is 4.46. The molecule has 9 heteroatoms. The zero-order chi connectivity index (χ0) is 16.2. The minimum absolute atomic E-state index is 0. The summed E-state index contributed by atoms with van der Waals surface area (Å²) >= 11 is 0. The van der Waals surface area contributed by atoms with Crippen molar-refractivity contribution in [1.29, 1.82) is 0 Å². The molecule has 0 spiro atoms. The number of piperidine rings is 1. The van der Waals surface area contributed by atoms with E-state index in [2.05, 4.69) is 15.7 Å². The molecule has 2 amide bonds. The largest absolute Gasteiger partial charge is 0.378 e. The molecule has 3 heterocycles. The van der Waals surface area contributed by atoms with Crippen LogP contribution >= 0.6 is 12.4 Å². The normalized spacial score (nSPS) is 24.4. The number of hydrogen-bond donors (Lipinski definition) is 2. The lowest BCUT2D eigenvalue weighted by molar-refractivity contribution is -0.129. The molecule has 2 N–H and O–H groups in total. The Morgan fingerprint density at radius 2 is 2.38 bits per heavy atom. The van der Waals surface area contributed by atoms with E-state index in [9.17, 15) is 9.59 Å². The van der Waals surface area contributed by atoms with Gasteiger partial charge in [-0.1, -0.05) is 0 Å². The number of rotatable bonds is 4. The van der Waals surface area contributed by atoms with E-state index in [-0.39, 0.29) is 30.3 Å². The number of hydrogen-bond acceptors (Lipinski definition) is 5. The van der Waals surface area contributed by atoms with Gasteiger partial charge in [-0.3, -0.25) is 14.3 Å². The molecular formula is C15H24ClN5O3. The number of amides is 2. The lowest BCUT2D eigenvalue weighted by Crippen LogP contribution is -2.53. The maximum Gasteiger partial charge on any atom is 0.249 e. The molecule has 3 rings (SSSR count). The Labute approximate surface area is 147 Å². The summed E-state index contributed by atoms with van der Waals surface area (Å²) in [6.07, 6.45) is 5.35. The average molecular weight is 358 g/mol. The van der Waals surface area contributed by atoms with Crippen molar-refractivity contribution >= 4 is 29.9 Å². The number of nitrogens with one attached hydrogen (secondary N) is 2. The predicted molar refractivity (Wildman–Crippen MR) is 91.2 cm³/mol.